The second-order valence-corrected chi connectivity index (χ2v) is 7.06. The number of likely N-dealkylation sites (N-methyl/N-ethyl adjacent to an activating group) is 1. The third-order valence-corrected chi connectivity index (χ3v) is 5.00. The normalized spacial score (nSPS) is 22.0. The van der Waals surface area contributed by atoms with E-state index in [0.29, 0.717) is 19.1 Å². The lowest BCUT2D eigenvalue weighted by Crippen LogP contribution is -2.45. The van der Waals surface area contributed by atoms with Crippen LogP contribution in [0.25, 0.3) is 0 Å². The molecule has 6 nitrogen and oxygen atoms in total. The van der Waals surface area contributed by atoms with Gasteiger partial charge in [-0.2, -0.15) is 0 Å². The highest BCUT2D eigenvalue weighted by Gasteiger charge is 2.17. The number of hydrogen-bond donors (Lipinski definition) is 2. The van der Waals surface area contributed by atoms with Crippen molar-refractivity contribution in [3.05, 3.63) is 24.3 Å². The molecule has 0 aliphatic carbocycles. The number of ether oxygens (including phenoxy) is 1. The van der Waals surface area contributed by atoms with Crippen molar-refractivity contribution in [3.8, 4) is 5.75 Å². The molecule has 0 saturated carbocycles. The van der Waals surface area contributed by atoms with Crippen LogP contribution in [0.3, 0.4) is 0 Å². The first kappa shape index (κ1) is 18.2. The number of amides is 1. The van der Waals surface area contributed by atoms with Crippen LogP contribution in [0.1, 0.15) is 19.3 Å². The highest BCUT2D eigenvalue weighted by atomic mass is 16.5. The fraction of sp³-hybridized carbons (Fsp3) is 0.632. The van der Waals surface area contributed by atoms with Crippen molar-refractivity contribution in [1.29, 1.82) is 0 Å². The quantitative estimate of drug-likeness (QED) is 0.781. The summed E-state index contributed by atoms with van der Waals surface area (Å²) in [7, 11) is 2.17. The van der Waals surface area contributed by atoms with E-state index in [9.17, 15) is 4.79 Å². The van der Waals surface area contributed by atoms with Gasteiger partial charge in [-0.3, -0.25) is 9.69 Å². The molecular formula is C19H30N4O2. The van der Waals surface area contributed by atoms with E-state index in [1.165, 1.54) is 0 Å². The summed E-state index contributed by atoms with van der Waals surface area (Å²) in [6, 6.07) is 7.99. The highest BCUT2D eigenvalue weighted by Crippen LogP contribution is 2.17. The predicted molar refractivity (Wildman–Crippen MR) is 100 cm³/mol. The Morgan fingerprint density at radius 2 is 2.00 bits per heavy atom. The monoisotopic (exact) mass is 346 g/mol. The van der Waals surface area contributed by atoms with Crippen LogP contribution in [-0.4, -0.2) is 74.7 Å². The molecule has 3 rings (SSSR count). The maximum atomic E-state index is 12.0. The van der Waals surface area contributed by atoms with Crippen LogP contribution in [-0.2, 0) is 4.79 Å². The molecule has 0 bridgehead atoms. The Kier molecular flexibility index (Phi) is 6.67. The number of benzene rings is 1. The lowest BCUT2D eigenvalue weighted by atomic mass is 10.1. The maximum Gasteiger partial charge on any atom is 0.225 e. The summed E-state index contributed by atoms with van der Waals surface area (Å²) in [5.41, 5.74) is 0.828. The summed E-state index contributed by atoms with van der Waals surface area (Å²) in [6.45, 7) is 7.17. The van der Waals surface area contributed by atoms with E-state index >= 15 is 0 Å². The zero-order valence-corrected chi connectivity index (χ0v) is 15.2. The van der Waals surface area contributed by atoms with Crippen molar-refractivity contribution < 1.29 is 9.53 Å². The molecule has 2 aliphatic rings. The van der Waals surface area contributed by atoms with Crippen LogP contribution in [0.15, 0.2) is 24.3 Å². The summed E-state index contributed by atoms with van der Waals surface area (Å²) >= 11 is 0. The van der Waals surface area contributed by atoms with Crippen LogP contribution in [0.4, 0.5) is 5.69 Å². The first-order valence-corrected chi connectivity index (χ1v) is 9.36. The number of hydrogen-bond acceptors (Lipinski definition) is 5. The fourth-order valence-corrected chi connectivity index (χ4v) is 3.37. The average molecular weight is 346 g/mol. The minimum atomic E-state index is 0.0723. The van der Waals surface area contributed by atoms with E-state index in [4.69, 9.17) is 4.74 Å². The second-order valence-electron chi connectivity index (χ2n) is 7.06. The molecule has 1 amide bonds. The van der Waals surface area contributed by atoms with E-state index in [1.807, 2.05) is 24.3 Å². The lowest BCUT2D eigenvalue weighted by molar-refractivity contribution is -0.116. The molecule has 2 saturated heterocycles. The van der Waals surface area contributed by atoms with Gasteiger partial charge in [-0.05, 0) is 50.7 Å². The SMILES string of the molecule is CN1CCN(CCOc2ccc(NC(=O)CC3CCCN3)cc2)CC1. The van der Waals surface area contributed by atoms with Crippen molar-refractivity contribution >= 4 is 11.6 Å². The lowest BCUT2D eigenvalue weighted by Gasteiger charge is -2.32. The molecule has 2 fully saturated rings. The molecule has 6 heteroatoms. The van der Waals surface area contributed by atoms with E-state index in [2.05, 4.69) is 27.5 Å². The Morgan fingerprint density at radius 1 is 1.24 bits per heavy atom. The largest absolute Gasteiger partial charge is 0.492 e. The summed E-state index contributed by atoms with van der Waals surface area (Å²) < 4.78 is 5.83. The number of rotatable bonds is 7. The van der Waals surface area contributed by atoms with Crippen molar-refractivity contribution in [2.45, 2.75) is 25.3 Å². The van der Waals surface area contributed by atoms with Crippen molar-refractivity contribution in [3.63, 3.8) is 0 Å². The van der Waals surface area contributed by atoms with Crippen LogP contribution < -0.4 is 15.4 Å². The third kappa shape index (κ3) is 5.99. The van der Waals surface area contributed by atoms with Gasteiger partial charge in [0.15, 0.2) is 0 Å². The third-order valence-electron chi connectivity index (χ3n) is 5.00. The molecule has 0 spiro atoms. The standard InChI is InChI=1S/C19H30N4O2/c1-22-9-11-23(12-10-22)13-14-25-18-6-4-16(5-7-18)21-19(24)15-17-3-2-8-20-17/h4-7,17,20H,2-3,8-15H2,1H3,(H,21,24). The molecule has 25 heavy (non-hydrogen) atoms. The molecule has 1 atom stereocenters. The van der Waals surface area contributed by atoms with Gasteiger partial charge >= 0.3 is 0 Å². The van der Waals surface area contributed by atoms with Gasteiger partial charge in [0.1, 0.15) is 12.4 Å². The zero-order valence-electron chi connectivity index (χ0n) is 15.2. The molecule has 1 unspecified atom stereocenters. The van der Waals surface area contributed by atoms with Crippen LogP contribution in [0, 0.1) is 0 Å². The molecule has 138 valence electrons. The van der Waals surface area contributed by atoms with Crippen molar-refractivity contribution in [2.24, 2.45) is 0 Å². The van der Waals surface area contributed by atoms with E-state index in [-0.39, 0.29) is 5.91 Å². The molecule has 0 aromatic heterocycles. The summed E-state index contributed by atoms with van der Waals surface area (Å²) in [5.74, 6) is 0.924. The predicted octanol–water partition coefficient (Wildman–Crippen LogP) is 1.39. The van der Waals surface area contributed by atoms with Crippen molar-refractivity contribution in [1.82, 2.24) is 15.1 Å². The molecule has 1 aromatic rings. The Labute approximate surface area is 150 Å². The van der Waals surface area contributed by atoms with Gasteiger partial charge in [-0.25, -0.2) is 0 Å². The molecule has 2 N–H and O–H groups in total. The van der Waals surface area contributed by atoms with E-state index in [1.54, 1.807) is 0 Å². The number of nitrogens with zero attached hydrogens (tertiary/aromatic N) is 2. The highest BCUT2D eigenvalue weighted by molar-refractivity contribution is 5.91. The smallest absolute Gasteiger partial charge is 0.225 e. The molecule has 1 aromatic carbocycles. The maximum absolute atomic E-state index is 12.0. The summed E-state index contributed by atoms with van der Waals surface area (Å²) in [6.07, 6.45) is 2.80. The molecular weight excluding hydrogens is 316 g/mol. The van der Waals surface area contributed by atoms with Crippen LogP contribution in [0.2, 0.25) is 0 Å². The Balaban J connectivity index is 1.36. The van der Waals surface area contributed by atoms with Crippen molar-refractivity contribution in [2.75, 3.05) is 58.2 Å². The van der Waals surface area contributed by atoms with E-state index < -0.39 is 0 Å². The molecule has 2 aliphatic heterocycles. The van der Waals surface area contributed by atoms with Gasteiger partial charge in [0.05, 0.1) is 0 Å². The minimum absolute atomic E-state index is 0.0723. The Morgan fingerprint density at radius 3 is 2.68 bits per heavy atom. The Hall–Kier alpha value is -1.63. The number of piperazine rings is 1. The number of anilines is 1. The summed E-state index contributed by atoms with van der Waals surface area (Å²) in [4.78, 5) is 16.8. The first-order valence-electron chi connectivity index (χ1n) is 9.36. The van der Waals surface area contributed by atoms with Crippen LogP contribution in [0.5, 0.6) is 5.75 Å². The van der Waals surface area contributed by atoms with Gasteiger partial charge in [-0.15, -0.1) is 0 Å². The second kappa shape index (κ2) is 9.17. The zero-order chi connectivity index (χ0) is 17.5. The van der Waals surface area contributed by atoms with Gasteiger partial charge in [-0.1, -0.05) is 0 Å². The average Bonchev–Trinajstić information content (AvgIpc) is 3.11. The van der Waals surface area contributed by atoms with Gasteiger partial charge in [0, 0.05) is 50.9 Å². The van der Waals surface area contributed by atoms with Crippen LogP contribution >= 0.6 is 0 Å². The topological polar surface area (TPSA) is 56.8 Å². The molecule has 2 heterocycles. The number of carbonyl (C=O) groups is 1. The summed E-state index contributed by atoms with van der Waals surface area (Å²) in [5, 5.41) is 6.31. The first-order chi connectivity index (χ1) is 12.2. The fourth-order valence-electron chi connectivity index (χ4n) is 3.37. The van der Waals surface area contributed by atoms with Gasteiger partial charge < -0.3 is 20.3 Å². The van der Waals surface area contributed by atoms with Gasteiger partial charge in [0.2, 0.25) is 5.91 Å². The number of carbonyl (C=O) groups excluding carboxylic acids is 1. The Bertz CT molecular complexity index is 535. The minimum Gasteiger partial charge on any atom is -0.492 e. The van der Waals surface area contributed by atoms with Gasteiger partial charge in [0.25, 0.3) is 0 Å². The molecule has 0 radical (unpaired) electrons. The number of nitrogens with one attached hydrogen (secondary N) is 2. The van der Waals surface area contributed by atoms with E-state index in [0.717, 1.165) is 63.5 Å².